The van der Waals surface area contributed by atoms with Gasteiger partial charge in [-0.1, -0.05) is 34.8 Å². The number of hydrogen-bond donors (Lipinski definition) is 1. The summed E-state index contributed by atoms with van der Waals surface area (Å²) in [5.41, 5.74) is 6.96. The van der Waals surface area contributed by atoms with Gasteiger partial charge in [-0.05, 0) is 37.0 Å². The maximum Gasteiger partial charge on any atom is 0.120 e. The fraction of sp³-hybridized carbons (Fsp3) is 0.538. The van der Waals surface area contributed by atoms with Crippen LogP contribution in [0.2, 0.25) is 0 Å². The van der Waals surface area contributed by atoms with Crippen molar-refractivity contribution in [1.82, 2.24) is 0 Å². The van der Waals surface area contributed by atoms with Crippen molar-refractivity contribution >= 4 is 15.9 Å². The first kappa shape index (κ1) is 11.9. The molecule has 0 amide bonds. The van der Waals surface area contributed by atoms with Gasteiger partial charge in [0.2, 0.25) is 0 Å². The fourth-order valence-corrected chi connectivity index (χ4v) is 2.44. The lowest BCUT2D eigenvalue weighted by Crippen LogP contribution is -2.06. The van der Waals surface area contributed by atoms with Crippen LogP contribution in [0.5, 0.6) is 5.75 Å². The molecule has 2 nitrogen and oxygen atoms in total. The molecule has 0 radical (unpaired) electrons. The minimum atomic E-state index is 0.0508. The SMILES string of the molecule is C[C@H](N)c1ccc(OCCC2CC2)cc1Br. The molecule has 0 aromatic heterocycles. The summed E-state index contributed by atoms with van der Waals surface area (Å²) in [7, 11) is 0. The molecule has 1 atom stereocenters. The predicted molar refractivity (Wildman–Crippen MR) is 69.6 cm³/mol. The van der Waals surface area contributed by atoms with Crippen LogP contribution in [-0.4, -0.2) is 6.61 Å². The molecule has 88 valence electrons. The monoisotopic (exact) mass is 283 g/mol. The van der Waals surface area contributed by atoms with Crippen molar-refractivity contribution in [3.63, 3.8) is 0 Å². The van der Waals surface area contributed by atoms with Gasteiger partial charge in [0, 0.05) is 10.5 Å². The summed E-state index contributed by atoms with van der Waals surface area (Å²) >= 11 is 3.52. The second kappa shape index (κ2) is 5.19. The van der Waals surface area contributed by atoms with E-state index in [2.05, 4.69) is 15.9 Å². The first-order valence-corrected chi connectivity index (χ1v) is 6.64. The smallest absolute Gasteiger partial charge is 0.120 e. The molecule has 0 unspecified atom stereocenters. The van der Waals surface area contributed by atoms with Gasteiger partial charge in [-0.3, -0.25) is 0 Å². The summed E-state index contributed by atoms with van der Waals surface area (Å²) < 4.78 is 6.74. The van der Waals surface area contributed by atoms with E-state index in [0.29, 0.717) is 0 Å². The average Bonchev–Trinajstić information content (AvgIpc) is 3.01. The molecule has 0 bridgehead atoms. The Labute approximate surface area is 105 Å². The van der Waals surface area contributed by atoms with Gasteiger partial charge >= 0.3 is 0 Å². The summed E-state index contributed by atoms with van der Waals surface area (Å²) in [6, 6.07) is 6.08. The summed E-state index contributed by atoms with van der Waals surface area (Å²) in [5.74, 6) is 1.85. The number of rotatable bonds is 5. The Morgan fingerprint density at radius 2 is 2.25 bits per heavy atom. The van der Waals surface area contributed by atoms with Gasteiger partial charge < -0.3 is 10.5 Å². The van der Waals surface area contributed by atoms with Crippen LogP contribution < -0.4 is 10.5 Å². The van der Waals surface area contributed by atoms with Crippen LogP contribution in [-0.2, 0) is 0 Å². The van der Waals surface area contributed by atoms with Crippen LogP contribution in [0.25, 0.3) is 0 Å². The zero-order valence-corrected chi connectivity index (χ0v) is 11.2. The van der Waals surface area contributed by atoms with Crippen LogP contribution >= 0.6 is 15.9 Å². The molecule has 1 aliphatic carbocycles. The van der Waals surface area contributed by atoms with E-state index in [0.717, 1.165) is 28.3 Å². The Bertz CT molecular complexity index is 361. The van der Waals surface area contributed by atoms with Crippen molar-refractivity contribution < 1.29 is 4.74 Å². The number of nitrogens with two attached hydrogens (primary N) is 1. The summed E-state index contributed by atoms with van der Waals surface area (Å²) in [6.45, 7) is 2.81. The van der Waals surface area contributed by atoms with Crippen LogP contribution in [0.1, 0.15) is 37.8 Å². The first-order chi connectivity index (χ1) is 7.66. The fourth-order valence-electron chi connectivity index (χ4n) is 1.72. The second-order valence-corrected chi connectivity index (χ2v) is 5.41. The first-order valence-electron chi connectivity index (χ1n) is 5.84. The van der Waals surface area contributed by atoms with Crippen molar-refractivity contribution in [3.05, 3.63) is 28.2 Å². The highest BCUT2D eigenvalue weighted by Gasteiger charge is 2.20. The molecular weight excluding hydrogens is 266 g/mol. The van der Waals surface area contributed by atoms with Crippen LogP contribution in [0.15, 0.2) is 22.7 Å². The van der Waals surface area contributed by atoms with Crippen molar-refractivity contribution in [2.45, 2.75) is 32.2 Å². The summed E-state index contributed by atoms with van der Waals surface area (Å²) in [5, 5.41) is 0. The highest BCUT2D eigenvalue weighted by Crippen LogP contribution is 2.32. The van der Waals surface area contributed by atoms with E-state index >= 15 is 0 Å². The van der Waals surface area contributed by atoms with Crippen molar-refractivity contribution in [2.75, 3.05) is 6.61 Å². The Hall–Kier alpha value is -0.540. The second-order valence-electron chi connectivity index (χ2n) is 4.55. The quantitative estimate of drug-likeness (QED) is 0.895. The Morgan fingerprint density at radius 3 is 2.81 bits per heavy atom. The molecule has 1 fully saturated rings. The summed E-state index contributed by atoms with van der Waals surface area (Å²) in [6.07, 6.45) is 3.96. The molecule has 1 aromatic rings. The topological polar surface area (TPSA) is 35.2 Å². The molecule has 0 aliphatic heterocycles. The standard InChI is InChI=1S/C13H18BrNO/c1-9(15)12-5-4-11(8-13(12)14)16-7-6-10-2-3-10/h4-5,8-10H,2-3,6-7,15H2,1H3/t9-/m0/s1. The molecule has 1 aromatic carbocycles. The third kappa shape index (κ3) is 3.22. The molecule has 2 rings (SSSR count). The molecule has 2 N–H and O–H groups in total. The lowest BCUT2D eigenvalue weighted by atomic mass is 10.1. The molecule has 0 saturated heterocycles. The van der Waals surface area contributed by atoms with Crippen LogP contribution in [0.4, 0.5) is 0 Å². The van der Waals surface area contributed by atoms with E-state index < -0.39 is 0 Å². The average molecular weight is 284 g/mol. The van der Waals surface area contributed by atoms with Gasteiger partial charge in [0.1, 0.15) is 5.75 Å². The molecule has 3 heteroatoms. The maximum absolute atomic E-state index is 5.84. The van der Waals surface area contributed by atoms with E-state index in [1.54, 1.807) is 0 Å². The lowest BCUT2D eigenvalue weighted by molar-refractivity contribution is 0.302. The molecule has 1 saturated carbocycles. The van der Waals surface area contributed by atoms with Gasteiger partial charge in [-0.25, -0.2) is 0 Å². The molecule has 16 heavy (non-hydrogen) atoms. The van der Waals surface area contributed by atoms with Crippen molar-refractivity contribution in [1.29, 1.82) is 0 Å². The minimum Gasteiger partial charge on any atom is -0.494 e. The van der Waals surface area contributed by atoms with Crippen molar-refractivity contribution in [3.8, 4) is 5.75 Å². The highest BCUT2D eigenvalue weighted by atomic mass is 79.9. The van der Waals surface area contributed by atoms with E-state index in [4.69, 9.17) is 10.5 Å². The van der Waals surface area contributed by atoms with Crippen LogP contribution in [0, 0.1) is 5.92 Å². The largest absolute Gasteiger partial charge is 0.494 e. The van der Waals surface area contributed by atoms with Crippen LogP contribution in [0.3, 0.4) is 0 Å². The highest BCUT2D eigenvalue weighted by molar-refractivity contribution is 9.10. The zero-order valence-electron chi connectivity index (χ0n) is 9.58. The lowest BCUT2D eigenvalue weighted by Gasteiger charge is -2.11. The Balaban J connectivity index is 1.91. The molecular formula is C13H18BrNO. The molecule has 1 aliphatic rings. The normalized spacial score (nSPS) is 17.2. The maximum atomic E-state index is 5.84. The van der Waals surface area contributed by atoms with E-state index in [1.807, 2.05) is 25.1 Å². The number of halogens is 1. The van der Waals surface area contributed by atoms with E-state index in [9.17, 15) is 0 Å². The van der Waals surface area contributed by atoms with Crippen molar-refractivity contribution in [2.24, 2.45) is 11.7 Å². The predicted octanol–water partition coefficient (Wildman–Crippen LogP) is 3.65. The zero-order chi connectivity index (χ0) is 11.5. The molecule has 0 heterocycles. The number of benzene rings is 1. The van der Waals surface area contributed by atoms with Gasteiger partial charge in [0.05, 0.1) is 6.61 Å². The van der Waals surface area contributed by atoms with E-state index in [1.165, 1.54) is 19.3 Å². The van der Waals surface area contributed by atoms with Gasteiger partial charge in [-0.15, -0.1) is 0 Å². The minimum absolute atomic E-state index is 0.0508. The third-order valence-electron chi connectivity index (χ3n) is 2.95. The Morgan fingerprint density at radius 1 is 1.50 bits per heavy atom. The van der Waals surface area contributed by atoms with Gasteiger partial charge in [-0.2, -0.15) is 0 Å². The van der Waals surface area contributed by atoms with Gasteiger partial charge in [0.15, 0.2) is 0 Å². The molecule has 0 spiro atoms. The van der Waals surface area contributed by atoms with Gasteiger partial charge in [0.25, 0.3) is 0 Å². The Kier molecular flexibility index (Phi) is 3.87. The van der Waals surface area contributed by atoms with E-state index in [-0.39, 0.29) is 6.04 Å². The number of hydrogen-bond acceptors (Lipinski definition) is 2. The third-order valence-corrected chi connectivity index (χ3v) is 3.64. The summed E-state index contributed by atoms with van der Waals surface area (Å²) in [4.78, 5) is 0. The number of ether oxygens (including phenoxy) is 1.